The van der Waals surface area contributed by atoms with Crippen LogP contribution in [0.5, 0.6) is 0 Å². The van der Waals surface area contributed by atoms with Crippen molar-refractivity contribution in [2.75, 3.05) is 4.90 Å². The minimum absolute atomic E-state index is 0.409. The number of nitrogens with zero attached hydrogens (tertiary/aromatic N) is 1. The van der Waals surface area contributed by atoms with E-state index in [1.807, 2.05) is 0 Å². The van der Waals surface area contributed by atoms with E-state index in [-0.39, 0.29) is 0 Å². The van der Waals surface area contributed by atoms with E-state index in [4.69, 9.17) is 14.2 Å². The second-order valence-electron chi connectivity index (χ2n) is 6.84. The number of benzene rings is 1. The summed E-state index contributed by atoms with van der Waals surface area (Å²) in [4.78, 5) is 50.6. The number of anilines is 1. The Bertz CT molecular complexity index is 913. The smallest absolute Gasteiger partial charge is 0.305 e. The highest BCUT2D eigenvalue weighted by Crippen LogP contribution is 2.54. The second kappa shape index (κ2) is 6.52. The molecule has 28 heavy (non-hydrogen) atoms. The minimum Gasteiger partial charge on any atom is -0.422 e. The van der Waals surface area contributed by atoms with Gasteiger partial charge in [0.2, 0.25) is 11.8 Å². The van der Waals surface area contributed by atoms with E-state index in [1.165, 1.54) is 0 Å². The average Bonchev–Trinajstić information content (AvgIpc) is 3.25. The Morgan fingerprint density at radius 2 is 1.86 bits per heavy atom. The fourth-order valence-electron chi connectivity index (χ4n) is 4.09. The molecule has 2 amide bonds. The summed E-state index contributed by atoms with van der Waals surface area (Å²) in [6.45, 7) is 2.32. The van der Waals surface area contributed by atoms with Crippen LogP contribution in [0.2, 0.25) is 0 Å². The molecule has 4 atom stereocenters. The summed E-state index contributed by atoms with van der Waals surface area (Å²) in [5.41, 5.74) is -1.12. The van der Waals surface area contributed by atoms with Gasteiger partial charge in [0.1, 0.15) is 0 Å². The quantitative estimate of drug-likeness (QED) is 0.298. The second-order valence-corrected chi connectivity index (χ2v) is 7.76. The molecule has 0 unspecified atom stereocenters. The van der Waals surface area contributed by atoms with Crippen molar-refractivity contribution >= 4 is 45.4 Å². The number of rotatable bonds is 4. The van der Waals surface area contributed by atoms with Crippen LogP contribution in [0.1, 0.15) is 13.8 Å². The highest BCUT2D eigenvalue weighted by Gasteiger charge is 2.72. The molecule has 1 aromatic carbocycles. The number of imide groups is 1. The minimum atomic E-state index is -1.54. The van der Waals surface area contributed by atoms with Gasteiger partial charge in [0.15, 0.2) is 5.60 Å². The van der Waals surface area contributed by atoms with Crippen LogP contribution in [0.3, 0.4) is 0 Å². The van der Waals surface area contributed by atoms with Crippen LogP contribution in [0.4, 0.5) is 5.69 Å². The van der Waals surface area contributed by atoms with Crippen LogP contribution in [0.15, 0.2) is 40.9 Å². The first-order valence-corrected chi connectivity index (χ1v) is 9.39. The summed E-state index contributed by atoms with van der Waals surface area (Å²) in [7, 11) is 0. The Morgan fingerprint density at radius 1 is 1.18 bits per heavy atom. The zero-order chi connectivity index (χ0) is 20.2. The van der Waals surface area contributed by atoms with Gasteiger partial charge in [-0.3, -0.25) is 19.2 Å². The number of fused-ring (bicyclic) bond motifs is 5. The van der Waals surface area contributed by atoms with Crippen molar-refractivity contribution in [2.24, 2.45) is 11.8 Å². The highest BCUT2D eigenvalue weighted by atomic mass is 79.9. The van der Waals surface area contributed by atoms with Crippen LogP contribution in [-0.4, -0.2) is 41.7 Å². The summed E-state index contributed by atoms with van der Waals surface area (Å²) in [5, 5.41) is 0. The molecule has 2 saturated heterocycles. The first-order chi connectivity index (χ1) is 13.2. The number of amides is 2. The lowest BCUT2D eigenvalue weighted by atomic mass is 9.76. The van der Waals surface area contributed by atoms with Crippen molar-refractivity contribution in [3.8, 4) is 0 Å². The van der Waals surface area contributed by atoms with Gasteiger partial charge in [-0.1, -0.05) is 28.1 Å². The van der Waals surface area contributed by atoms with E-state index >= 15 is 0 Å². The molecule has 0 aliphatic carbocycles. The molecule has 146 valence electrons. The normalized spacial score (nSPS) is 30.1. The van der Waals surface area contributed by atoms with Gasteiger partial charge in [0.25, 0.3) is 6.29 Å². The number of halogens is 1. The molecule has 9 heteroatoms. The maximum Gasteiger partial charge on any atom is 0.305 e. The number of carbonyl (C=O) groups excluding carboxylic acids is 4. The lowest BCUT2D eigenvalue weighted by Crippen LogP contribution is -2.52. The number of carbonyl (C=O) groups is 4. The Kier molecular flexibility index (Phi) is 4.39. The molecule has 3 aliphatic heterocycles. The van der Waals surface area contributed by atoms with Gasteiger partial charge < -0.3 is 14.2 Å². The van der Waals surface area contributed by atoms with E-state index in [1.54, 1.807) is 36.4 Å². The topological polar surface area (TPSA) is 99.2 Å². The number of esters is 2. The number of hydrogen-bond donors (Lipinski definition) is 0. The standard InChI is InChI=1S/C19H16BrNO7/c1-9(22)26-18(27-10(2)23)19-7-6-13(28-19)14-15(19)17(25)21(16(14)24)12-5-3-4-11(20)8-12/h3-8,13-15,18H,1-2H3/t13-,14-,15-,19-/m1/s1. The first kappa shape index (κ1) is 18.8. The lowest BCUT2D eigenvalue weighted by molar-refractivity contribution is -0.226. The first-order valence-electron chi connectivity index (χ1n) is 8.59. The van der Waals surface area contributed by atoms with Gasteiger partial charge in [0, 0.05) is 18.3 Å². The van der Waals surface area contributed by atoms with Crippen molar-refractivity contribution in [1.29, 1.82) is 0 Å². The number of ether oxygens (including phenoxy) is 3. The van der Waals surface area contributed by atoms with Crippen molar-refractivity contribution in [1.82, 2.24) is 0 Å². The Balaban J connectivity index is 1.75. The summed E-state index contributed by atoms with van der Waals surface area (Å²) in [6, 6.07) is 6.81. The van der Waals surface area contributed by atoms with Crippen molar-refractivity contribution < 1.29 is 33.4 Å². The largest absolute Gasteiger partial charge is 0.422 e. The maximum absolute atomic E-state index is 13.3. The SMILES string of the molecule is CC(=O)OC(OC(C)=O)[C@]12C=C[C@@H](O1)[C@H]1C(=O)N(c3cccc(Br)c3)C(=O)[C@@H]12. The Hall–Kier alpha value is -2.52. The molecule has 0 N–H and O–H groups in total. The summed E-state index contributed by atoms with van der Waals surface area (Å²) in [5.74, 6) is -4.07. The molecule has 0 saturated carbocycles. The maximum atomic E-state index is 13.3. The van der Waals surface area contributed by atoms with Gasteiger partial charge in [-0.05, 0) is 24.3 Å². The third-order valence-electron chi connectivity index (χ3n) is 5.06. The fourth-order valence-corrected chi connectivity index (χ4v) is 4.47. The van der Waals surface area contributed by atoms with Gasteiger partial charge >= 0.3 is 11.9 Å². The zero-order valence-electron chi connectivity index (χ0n) is 15.0. The molecule has 8 nitrogen and oxygen atoms in total. The average molecular weight is 450 g/mol. The van der Waals surface area contributed by atoms with Crippen LogP contribution >= 0.6 is 15.9 Å². The highest BCUT2D eigenvalue weighted by molar-refractivity contribution is 9.10. The zero-order valence-corrected chi connectivity index (χ0v) is 16.5. The number of hydrogen-bond acceptors (Lipinski definition) is 7. The molecule has 0 spiro atoms. The lowest BCUT2D eigenvalue weighted by Gasteiger charge is -2.34. The molecule has 0 radical (unpaired) electrons. The van der Waals surface area contributed by atoms with Gasteiger partial charge in [-0.15, -0.1) is 0 Å². The molecule has 3 heterocycles. The predicted molar refractivity (Wildman–Crippen MR) is 97.7 cm³/mol. The van der Waals surface area contributed by atoms with E-state index in [0.717, 1.165) is 18.7 Å². The summed E-state index contributed by atoms with van der Waals surface area (Å²) >= 11 is 3.33. The van der Waals surface area contributed by atoms with Crippen molar-refractivity contribution in [3.63, 3.8) is 0 Å². The van der Waals surface area contributed by atoms with E-state index in [2.05, 4.69) is 15.9 Å². The molecular weight excluding hydrogens is 434 g/mol. The Labute approximate surface area is 168 Å². The molecule has 2 bridgehead atoms. The van der Waals surface area contributed by atoms with E-state index in [0.29, 0.717) is 10.2 Å². The van der Waals surface area contributed by atoms with Gasteiger partial charge in [-0.2, -0.15) is 0 Å². The van der Waals surface area contributed by atoms with Crippen LogP contribution in [-0.2, 0) is 33.4 Å². The fraction of sp³-hybridized carbons (Fsp3) is 0.368. The predicted octanol–water partition coefficient (Wildman–Crippen LogP) is 1.71. The third kappa shape index (κ3) is 2.68. The van der Waals surface area contributed by atoms with Crippen LogP contribution in [0, 0.1) is 11.8 Å². The van der Waals surface area contributed by atoms with Gasteiger partial charge in [0.05, 0.1) is 23.6 Å². The van der Waals surface area contributed by atoms with Crippen molar-refractivity contribution in [3.05, 3.63) is 40.9 Å². The molecule has 1 aromatic rings. The van der Waals surface area contributed by atoms with Crippen molar-refractivity contribution in [2.45, 2.75) is 31.8 Å². The third-order valence-corrected chi connectivity index (χ3v) is 5.55. The summed E-state index contributed by atoms with van der Waals surface area (Å²) in [6.07, 6.45) is 1.03. The summed E-state index contributed by atoms with van der Waals surface area (Å²) < 4.78 is 17.0. The van der Waals surface area contributed by atoms with Crippen LogP contribution < -0.4 is 4.90 Å². The molecule has 2 fully saturated rings. The monoisotopic (exact) mass is 449 g/mol. The molecule has 4 rings (SSSR count). The molecular formula is C19H16BrNO7. The Morgan fingerprint density at radius 3 is 2.46 bits per heavy atom. The van der Waals surface area contributed by atoms with Gasteiger partial charge in [-0.25, -0.2) is 4.90 Å². The molecule has 3 aliphatic rings. The van der Waals surface area contributed by atoms with E-state index < -0.39 is 53.6 Å². The van der Waals surface area contributed by atoms with Crippen LogP contribution in [0.25, 0.3) is 0 Å². The van der Waals surface area contributed by atoms with E-state index in [9.17, 15) is 19.2 Å². The molecule has 0 aromatic heterocycles.